The number of nitrogen functional groups attached to an aromatic ring is 1. The molecule has 0 bridgehead atoms. The van der Waals surface area contributed by atoms with E-state index in [0.29, 0.717) is 11.4 Å². The van der Waals surface area contributed by atoms with Gasteiger partial charge >= 0.3 is 5.97 Å². The molecule has 0 atom stereocenters. The highest BCUT2D eigenvalue weighted by Gasteiger charge is 2.23. The summed E-state index contributed by atoms with van der Waals surface area (Å²) < 4.78 is 5.61. The highest BCUT2D eigenvalue weighted by molar-refractivity contribution is 7.98. The Hall–Kier alpha value is -2.14. The Morgan fingerprint density at radius 1 is 1.47 bits per heavy atom. The molecular formula is C8H10N6O4S. The van der Waals surface area contributed by atoms with Crippen molar-refractivity contribution in [3.05, 3.63) is 11.4 Å². The predicted octanol–water partition coefficient (Wildman–Crippen LogP) is -0.844. The molecule has 10 nitrogen and oxygen atoms in total. The molecule has 0 spiro atoms. The number of carboxylic acids is 1. The third-order valence-corrected chi connectivity index (χ3v) is 3.09. The molecule has 0 aliphatic carbocycles. The van der Waals surface area contributed by atoms with Gasteiger partial charge in [0.25, 0.3) is 0 Å². The highest BCUT2D eigenvalue weighted by atomic mass is 32.2. The molecule has 2 heterocycles. The number of carboxylic acid groups (broad SMARTS) is 1. The molecule has 4 N–H and O–H groups in total. The lowest BCUT2D eigenvalue weighted by Crippen LogP contribution is -2.08. The van der Waals surface area contributed by atoms with Gasteiger partial charge in [-0.3, -0.25) is 0 Å². The van der Waals surface area contributed by atoms with Crippen LogP contribution in [0, 0.1) is 0 Å². The molecule has 2 aromatic rings. The fourth-order valence-electron chi connectivity index (χ4n) is 1.34. The van der Waals surface area contributed by atoms with Gasteiger partial charge in [0, 0.05) is 11.5 Å². The third-order valence-electron chi connectivity index (χ3n) is 2.14. The number of aliphatic hydroxyl groups is 1. The third kappa shape index (κ3) is 2.66. The molecule has 0 fully saturated rings. The SMILES string of the molecule is Nc1nonc1-n1nnc(C(=O)O)c1CSCCO. The van der Waals surface area contributed by atoms with Crippen molar-refractivity contribution in [2.75, 3.05) is 18.1 Å². The molecular weight excluding hydrogens is 276 g/mol. The van der Waals surface area contributed by atoms with E-state index < -0.39 is 5.97 Å². The van der Waals surface area contributed by atoms with Crippen molar-refractivity contribution in [2.45, 2.75) is 5.75 Å². The molecule has 11 heteroatoms. The monoisotopic (exact) mass is 286 g/mol. The first kappa shape index (κ1) is 13.3. The van der Waals surface area contributed by atoms with E-state index in [1.54, 1.807) is 0 Å². The topological polar surface area (TPSA) is 153 Å². The summed E-state index contributed by atoms with van der Waals surface area (Å²) in [5.74, 6) is -0.408. The fourth-order valence-corrected chi connectivity index (χ4v) is 2.06. The maximum atomic E-state index is 11.1. The van der Waals surface area contributed by atoms with Crippen LogP contribution in [0.5, 0.6) is 0 Å². The van der Waals surface area contributed by atoms with Crippen molar-refractivity contribution in [3.63, 3.8) is 0 Å². The van der Waals surface area contributed by atoms with E-state index in [-0.39, 0.29) is 29.7 Å². The number of carbonyl (C=O) groups is 1. The van der Waals surface area contributed by atoms with Gasteiger partial charge in [-0.05, 0) is 10.3 Å². The lowest BCUT2D eigenvalue weighted by atomic mass is 10.3. The van der Waals surface area contributed by atoms with Crippen LogP contribution in [0.15, 0.2) is 4.63 Å². The van der Waals surface area contributed by atoms with E-state index in [1.165, 1.54) is 16.4 Å². The molecule has 0 amide bonds. The second-order valence-corrected chi connectivity index (χ2v) is 4.46. The maximum Gasteiger partial charge on any atom is 0.358 e. The molecule has 2 aromatic heterocycles. The molecule has 0 aromatic carbocycles. The van der Waals surface area contributed by atoms with Crippen LogP contribution in [-0.4, -0.2) is 53.8 Å². The number of aromatic carboxylic acids is 1. The van der Waals surface area contributed by atoms with Gasteiger partial charge in [-0.15, -0.1) is 5.10 Å². The number of anilines is 1. The van der Waals surface area contributed by atoms with Crippen LogP contribution in [0.4, 0.5) is 5.82 Å². The number of nitrogens with two attached hydrogens (primary N) is 1. The quantitative estimate of drug-likeness (QED) is 0.572. The number of rotatable bonds is 6. The molecule has 0 saturated heterocycles. The number of thioether (sulfide) groups is 1. The standard InChI is InChI=1S/C8H10N6O4S/c9-6-7(12-18-11-6)14-4(3-19-2-1-15)5(8(16)17)10-13-14/h15H,1-3H2,(H2,9,11)(H,16,17). The Bertz CT molecular complexity index is 582. The van der Waals surface area contributed by atoms with Crippen molar-refractivity contribution < 1.29 is 19.6 Å². The Balaban J connectivity index is 2.38. The molecule has 2 rings (SSSR count). The summed E-state index contributed by atoms with van der Waals surface area (Å²) in [4.78, 5) is 11.1. The Morgan fingerprint density at radius 2 is 2.26 bits per heavy atom. The van der Waals surface area contributed by atoms with Crippen LogP contribution in [0.2, 0.25) is 0 Å². The van der Waals surface area contributed by atoms with Crippen molar-refractivity contribution >= 4 is 23.5 Å². The van der Waals surface area contributed by atoms with E-state index in [2.05, 4.69) is 25.3 Å². The van der Waals surface area contributed by atoms with Crippen LogP contribution < -0.4 is 5.73 Å². The van der Waals surface area contributed by atoms with Crippen LogP contribution in [0.1, 0.15) is 16.2 Å². The first-order valence-electron chi connectivity index (χ1n) is 5.10. The van der Waals surface area contributed by atoms with Crippen LogP contribution in [-0.2, 0) is 5.75 Å². The Kier molecular flexibility index (Phi) is 3.97. The fraction of sp³-hybridized carbons (Fsp3) is 0.375. The van der Waals surface area contributed by atoms with Crippen LogP contribution in [0.25, 0.3) is 5.82 Å². The normalized spacial score (nSPS) is 10.8. The Morgan fingerprint density at radius 3 is 2.84 bits per heavy atom. The zero-order valence-electron chi connectivity index (χ0n) is 9.55. The van der Waals surface area contributed by atoms with Crippen molar-refractivity contribution in [1.82, 2.24) is 25.3 Å². The van der Waals surface area contributed by atoms with E-state index in [0.717, 1.165) is 0 Å². The number of hydrogen-bond acceptors (Lipinski definition) is 9. The number of nitrogens with zero attached hydrogens (tertiary/aromatic N) is 5. The van der Waals surface area contributed by atoms with Crippen molar-refractivity contribution in [1.29, 1.82) is 0 Å². The molecule has 0 aliphatic heterocycles. The minimum atomic E-state index is -1.21. The van der Waals surface area contributed by atoms with E-state index in [4.69, 9.17) is 15.9 Å². The van der Waals surface area contributed by atoms with Crippen LogP contribution >= 0.6 is 11.8 Å². The second-order valence-electron chi connectivity index (χ2n) is 3.35. The predicted molar refractivity (Wildman–Crippen MR) is 63.8 cm³/mol. The largest absolute Gasteiger partial charge is 0.476 e. The van der Waals surface area contributed by atoms with Crippen LogP contribution in [0.3, 0.4) is 0 Å². The lowest BCUT2D eigenvalue weighted by Gasteiger charge is -2.03. The van der Waals surface area contributed by atoms with E-state index in [9.17, 15) is 4.79 Å². The molecule has 102 valence electrons. The first-order chi connectivity index (χ1) is 9.15. The highest BCUT2D eigenvalue weighted by Crippen LogP contribution is 2.20. The Labute approximate surface area is 110 Å². The van der Waals surface area contributed by atoms with Gasteiger partial charge in [0.05, 0.1) is 12.3 Å². The minimum absolute atomic E-state index is 0.0116. The van der Waals surface area contributed by atoms with E-state index >= 15 is 0 Å². The average Bonchev–Trinajstić information content (AvgIpc) is 2.95. The summed E-state index contributed by atoms with van der Waals surface area (Å²) in [5, 5.41) is 32.0. The van der Waals surface area contributed by atoms with Gasteiger partial charge in [-0.1, -0.05) is 5.21 Å². The summed E-state index contributed by atoms with van der Waals surface area (Å²) in [6.07, 6.45) is 0. The van der Waals surface area contributed by atoms with Crippen molar-refractivity contribution in [3.8, 4) is 5.82 Å². The smallest absolute Gasteiger partial charge is 0.358 e. The second kappa shape index (κ2) is 5.67. The first-order valence-corrected chi connectivity index (χ1v) is 6.25. The maximum absolute atomic E-state index is 11.1. The molecule has 0 aliphatic rings. The minimum Gasteiger partial charge on any atom is -0.476 e. The lowest BCUT2D eigenvalue weighted by molar-refractivity contribution is 0.0689. The molecule has 19 heavy (non-hydrogen) atoms. The van der Waals surface area contributed by atoms with Gasteiger partial charge in [-0.25, -0.2) is 9.42 Å². The zero-order valence-corrected chi connectivity index (χ0v) is 10.4. The molecule has 0 unspecified atom stereocenters. The number of aliphatic hydroxyl groups excluding tert-OH is 1. The van der Waals surface area contributed by atoms with Gasteiger partial charge < -0.3 is 15.9 Å². The van der Waals surface area contributed by atoms with E-state index in [1.807, 2.05) is 0 Å². The van der Waals surface area contributed by atoms with Gasteiger partial charge in [0.15, 0.2) is 5.69 Å². The molecule has 0 saturated carbocycles. The summed E-state index contributed by atoms with van der Waals surface area (Å²) in [7, 11) is 0. The number of aromatic nitrogens is 5. The summed E-state index contributed by atoms with van der Waals surface area (Å²) in [6.45, 7) is -0.0116. The summed E-state index contributed by atoms with van der Waals surface area (Å²) >= 11 is 1.33. The van der Waals surface area contributed by atoms with Gasteiger partial charge in [0.2, 0.25) is 11.6 Å². The zero-order chi connectivity index (χ0) is 13.8. The van der Waals surface area contributed by atoms with Gasteiger partial charge in [0.1, 0.15) is 0 Å². The van der Waals surface area contributed by atoms with Gasteiger partial charge in [-0.2, -0.15) is 16.4 Å². The molecule has 0 radical (unpaired) electrons. The summed E-state index contributed by atoms with van der Waals surface area (Å²) in [6, 6.07) is 0. The average molecular weight is 286 g/mol. The van der Waals surface area contributed by atoms with Crippen molar-refractivity contribution in [2.24, 2.45) is 0 Å². The number of hydrogen-bond donors (Lipinski definition) is 3. The summed E-state index contributed by atoms with van der Waals surface area (Å²) in [5.41, 5.74) is 5.63.